The lowest BCUT2D eigenvalue weighted by molar-refractivity contribution is 0.325. The third-order valence-electron chi connectivity index (χ3n) is 2.05. The zero-order chi connectivity index (χ0) is 9.10. The summed E-state index contributed by atoms with van der Waals surface area (Å²) in [6.07, 6.45) is 0. The summed E-state index contributed by atoms with van der Waals surface area (Å²) in [5.74, 6) is 0.837. The number of nitriles is 1. The molecule has 0 fully saturated rings. The largest absolute Gasteiger partial charge is 0.492 e. The molecular formula is C10H10N2O. The summed E-state index contributed by atoms with van der Waals surface area (Å²) in [7, 11) is 0. The first-order chi connectivity index (χ1) is 6.40. The minimum Gasteiger partial charge on any atom is -0.492 e. The molecule has 0 unspecified atom stereocenters. The number of benzene rings is 1. The average molecular weight is 174 g/mol. The molecular weight excluding hydrogens is 164 g/mol. The molecule has 0 aromatic heterocycles. The Morgan fingerprint density at radius 1 is 1.46 bits per heavy atom. The SMILES string of the molecule is N#Cc1ccc2c(c1)OCCNC2. The zero-order valence-corrected chi connectivity index (χ0v) is 7.21. The van der Waals surface area contributed by atoms with Crippen molar-refractivity contribution in [1.29, 1.82) is 5.26 Å². The molecule has 0 saturated carbocycles. The third-order valence-corrected chi connectivity index (χ3v) is 2.05. The van der Waals surface area contributed by atoms with E-state index in [2.05, 4.69) is 11.4 Å². The van der Waals surface area contributed by atoms with Crippen molar-refractivity contribution in [3.05, 3.63) is 29.3 Å². The molecule has 66 valence electrons. The van der Waals surface area contributed by atoms with Gasteiger partial charge in [-0.05, 0) is 12.1 Å². The highest BCUT2D eigenvalue weighted by molar-refractivity contribution is 5.42. The van der Waals surface area contributed by atoms with Crippen molar-refractivity contribution in [2.24, 2.45) is 0 Å². The molecule has 1 aliphatic heterocycles. The monoisotopic (exact) mass is 174 g/mol. The standard InChI is InChI=1S/C10H10N2O/c11-6-8-1-2-9-7-12-3-4-13-10(9)5-8/h1-2,5,12H,3-4,7H2. The lowest BCUT2D eigenvalue weighted by atomic mass is 10.1. The highest BCUT2D eigenvalue weighted by Gasteiger charge is 2.08. The summed E-state index contributed by atoms with van der Waals surface area (Å²) in [6, 6.07) is 7.64. The summed E-state index contributed by atoms with van der Waals surface area (Å²) in [5.41, 5.74) is 1.78. The second kappa shape index (κ2) is 3.46. The maximum atomic E-state index is 8.69. The van der Waals surface area contributed by atoms with Crippen LogP contribution >= 0.6 is 0 Å². The summed E-state index contributed by atoms with van der Waals surface area (Å²) in [4.78, 5) is 0. The Kier molecular flexibility index (Phi) is 2.15. The van der Waals surface area contributed by atoms with E-state index >= 15 is 0 Å². The van der Waals surface area contributed by atoms with Crippen molar-refractivity contribution in [1.82, 2.24) is 5.32 Å². The van der Waals surface area contributed by atoms with Crippen LogP contribution in [0.5, 0.6) is 5.75 Å². The number of rotatable bonds is 0. The Morgan fingerprint density at radius 2 is 2.38 bits per heavy atom. The van der Waals surface area contributed by atoms with Gasteiger partial charge >= 0.3 is 0 Å². The second-order valence-corrected chi connectivity index (χ2v) is 2.96. The van der Waals surface area contributed by atoms with Crippen molar-refractivity contribution in [2.75, 3.05) is 13.2 Å². The molecule has 13 heavy (non-hydrogen) atoms. The number of hydrogen-bond donors (Lipinski definition) is 1. The van der Waals surface area contributed by atoms with E-state index in [1.165, 1.54) is 0 Å². The van der Waals surface area contributed by atoms with Gasteiger partial charge in [0, 0.05) is 18.7 Å². The van der Waals surface area contributed by atoms with Gasteiger partial charge in [-0.1, -0.05) is 6.07 Å². The molecule has 0 amide bonds. The molecule has 1 N–H and O–H groups in total. The molecule has 3 heteroatoms. The van der Waals surface area contributed by atoms with Gasteiger partial charge in [-0.3, -0.25) is 0 Å². The van der Waals surface area contributed by atoms with E-state index in [1.807, 2.05) is 12.1 Å². The maximum Gasteiger partial charge on any atom is 0.125 e. The Balaban J connectivity index is 2.39. The van der Waals surface area contributed by atoms with E-state index in [-0.39, 0.29) is 0 Å². The van der Waals surface area contributed by atoms with Crippen LogP contribution in [0.15, 0.2) is 18.2 Å². The molecule has 1 aromatic rings. The molecule has 0 radical (unpaired) electrons. The zero-order valence-electron chi connectivity index (χ0n) is 7.21. The van der Waals surface area contributed by atoms with Crippen molar-refractivity contribution >= 4 is 0 Å². The molecule has 1 heterocycles. The van der Waals surface area contributed by atoms with Crippen molar-refractivity contribution < 1.29 is 4.74 Å². The van der Waals surface area contributed by atoms with Crippen LogP contribution < -0.4 is 10.1 Å². The molecule has 2 rings (SSSR count). The van der Waals surface area contributed by atoms with Crippen LogP contribution in [0, 0.1) is 11.3 Å². The van der Waals surface area contributed by atoms with Gasteiger partial charge in [0.15, 0.2) is 0 Å². The Hall–Kier alpha value is -1.53. The highest BCUT2D eigenvalue weighted by Crippen LogP contribution is 2.21. The van der Waals surface area contributed by atoms with Gasteiger partial charge < -0.3 is 10.1 Å². The Bertz CT molecular complexity index is 354. The minimum absolute atomic E-state index is 0.653. The lowest BCUT2D eigenvalue weighted by Gasteiger charge is -2.05. The summed E-state index contributed by atoms with van der Waals surface area (Å²) in [5, 5.41) is 11.9. The predicted octanol–water partition coefficient (Wildman–Crippen LogP) is 1.04. The van der Waals surface area contributed by atoms with E-state index in [4.69, 9.17) is 10.00 Å². The van der Waals surface area contributed by atoms with E-state index in [9.17, 15) is 0 Å². The van der Waals surface area contributed by atoms with Crippen molar-refractivity contribution in [2.45, 2.75) is 6.54 Å². The van der Waals surface area contributed by atoms with Crippen LogP contribution in [0.3, 0.4) is 0 Å². The molecule has 3 nitrogen and oxygen atoms in total. The molecule has 1 aromatic carbocycles. The van der Waals surface area contributed by atoms with Crippen LogP contribution in [-0.2, 0) is 6.54 Å². The normalized spacial score (nSPS) is 15.0. The van der Waals surface area contributed by atoms with E-state index in [0.29, 0.717) is 12.2 Å². The Labute approximate surface area is 76.9 Å². The highest BCUT2D eigenvalue weighted by atomic mass is 16.5. The van der Waals surface area contributed by atoms with Gasteiger partial charge in [0.05, 0.1) is 11.6 Å². The van der Waals surface area contributed by atoms with Crippen LogP contribution in [0.2, 0.25) is 0 Å². The maximum absolute atomic E-state index is 8.69. The summed E-state index contributed by atoms with van der Waals surface area (Å²) < 4.78 is 5.48. The van der Waals surface area contributed by atoms with Gasteiger partial charge in [-0.25, -0.2) is 0 Å². The van der Waals surface area contributed by atoms with Gasteiger partial charge in [-0.15, -0.1) is 0 Å². The van der Waals surface area contributed by atoms with Crippen LogP contribution in [0.4, 0.5) is 0 Å². The fourth-order valence-corrected chi connectivity index (χ4v) is 1.36. The average Bonchev–Trinajstić information content (AvgIpc) is 2.41. The molecule has 1 aliphatic rings. The van der Waals surface area contributed by atoms with E-state index in [0.717, 1.165) is 24.4 Å². The van der Waals surface area contributed by atoms with Gasteiger partial charge in [0.1, 0.15) is 12.4 Å². The van der Waals surface area contributed by atoms with Crippen LogP contribution in [-0.4, -0.2) is 13.2 Å². The Morgan fingerprint density at radius 3 is 3.23 bits per heavy atom. The molecule has 0 atom stereocenters. The quantitative estimate of drug-likeness (QED) is 0.639. The number of nitrogens with zero attached hydrogens (tertiary/aromatic N) is 1. The first kappa shape index (κ1) is 8.09. The smallest absolute Gasteiger partial charge is 0.125 e. The van der Waals surface area contributed by atoms with Crippen LogP contribution in [0.1, 0.15) is 11.1 Å². The fourth-order valence-electron chi connectivity index (χ4n) is 1.36. The van der Waals surface area contributed by atoms with E-state index in [1.54, 1.807) is 6.07 Å². The number of nitrogens with one attached hydrogen (secondary N) is 1. The van der Waals surface area contributed by atoms with Crippen LogP contribution in [0.25, 0.3) is 0 Å². The molecule has 0 bridgehead atoms. The summed E-state index contributed by atoms with van der Waals surface area (Å²) >= 11 is 0. The third kappa shape index (κ3) is 1.63. The number of ether oxygens (including phenoxy) is 1. The first-order valence-corrected chi connectivity index (χ1v) is 4.27. The van der Waals surface area contributed by atoms with Gasteiger partial charge in [0.25, 0.3) is 0 Å². The minimum atomic E-state index is 0.653. The molecule has 0 saturated heterocycles. The summed E-state index contributed by atoms with van der Waals surface area (Å²) in [6.45, 7) is 2.35. The predicted molar refractivity (Wildman–Crippen MR) is 48.4 cm³/mol. The number of hydrogen-bond acceptors (Lipinski definition) is 3. The first-order valence-electron chi connectivity index (χ1n) is 4.27. The lowest BCUT2D eigenvalue weighted by Crippen LogP contribution is -2.16. The molecule has 0 aliphatic carbocycles. The van der Waals surface area contributed by atoms with E-state index < -0.39 is 0 Å². The topological polar surface area (TPSA) is 45.0 Å². The van der Waals surface area contributed by atoms with Gasteiger partial charge in [-0.2, -0.15) is 5.26 Å². The fraction of sp³-hybridized carbons (Fsp3) is 0.300. The van der Waals surface area contributed by atoms with Crippen molar-refractivity contribution in [3.8, 4) is 11.8 Å². The number of fused-ring (bicyclic) bond motifs is 1. The molecule has 0 spiro atoms. The van der Waals surface area contributed by atoms with Gasteiger partial charge in [0.2, 0.25) is 0 Å². The van der Waals surface area contributed by atoms with Crippen molar-refractivity contribution in [3.63, 3.8) is 0 Å². The second-order valence-electron chi connectivity index (χ2n) is 2.96.